The molecule has 4 aliphatic carbocycles. The molecule has 0 heterocycles. The van der Waals surface area contributed by atoms with Crippen LogP contribution in [-0.4, -0.2) is 70.2 Å². The lowest BCUT2D eigenvalue weighted by Crippen LogP contribution is -2.62. The Morgan fingerprint density at radius 3 is 2.40 bits per heavy atom. The van der Waals surface area contributed by atoms with Crippen molar-refractivity contribution in [2.75, 3.05) is 12.3 Å². The van der Waals surface area contributed by atoms with E-state index in [1.165, 1.54) is 0 Å². The molecule has 0 bridgehead atoms. The number of nitrogens with one attached hydrogen (secondary N) is 1. The van der Waals surface area contributed by atoms with Crippen molar-refractivity contribution in [3.05, 3.63) is 0 Å². The fourth-order valence-corrected chi connectivity index (χ4v) is 9.59. The van der Waals surface area contributed by atoms with Gasteiger partial charge >= 0.3 is 0 Å². The predicted octanol–water partition coefficient (Wildman–Crippen LogP) is 2.16. The average Bonchev–Trinajstić information content (AvgIpc) is 3.12. The van der Waals surface area contributed by atoms with E-state index in [4.69, 9.17) is 4.55 Å². The van der Waals surface area contributed by atoms with Crippen molar-refractivity contribution in [3.63, 3.8) is 0 Å². The summed E-state index contributed by atoms with van der Waals surface area (Å²) in [6, 6.07) is 0. The Kier molecular flexibility index (Phi) is 8.02. The van der Waals surface area contributed by atoms with E-state index >= 15 is 0 Å². The SMILES string of the molecule is CC(CCC(O)NCCS(=O)(=O)O)C1CCC2C3C(O)CC4CC(O)CCC4(C)C3CC(O)C12C. The van der Waals surface area contributed by atoms with Crippen LogP contribution in [0.4, 0.5) is 0 Å². The van der Waals surface area contributed by atoms with Gasteiger partial charge in [0, 0.05) is 6.54 Å². The molecule has 12 atom stereocenters. The van der Waals surface area contributed by atoms with Crippen molar-refractivity contribution in [3.8, 4) is 0 Å². The normalized spacial score (nSPS) is 47.4. The first-order valence-electron chi connectivity index (χ1n) is 13.7. The lowest BCUT2D eigenvalue weighted by molar-refractivity contribution is -0.207. The van der Waals surface area contributed by atoms with Gasteiger partial charge in [-0.05, 0) is 104 Å². The monoisotopic (exact) mass is 517 g/mol. The summed E-state index contributed by atoms with van der Waals surface area (Å²) in [7, 11) is -4.06. The highest BCUT2D eigenvalue weighted by Crippen LogP contribution is 2.68. The zero-order chi connectivity index (χ0) is 25.8. The molecule has 0 aromatic carbocycles. The molecule has 6 N–H and O–H groups in total. The number of aliphatic hydroxyl groups excluding tert-OH is 4. The second-order valence-electron chi connectivity index (χ2n) is 12.8. The molecule has 35 heavy (non-hydrogen) atoms. The average molecular weight is 518 g/mol. The Bertz CT molecular complexity index is 855. The van der Waals surface area contributed by atoms with Crippen LogP contribution in [0.3, 0.4) is 0 Å². The molecule has 12 unspecified atom stereocenters. The van der Waals surface area contributed by atoms with Crippen molar-refractivity contribution < 1.29 is 33.4 Å². The zero-order valence-electron chi connectivity index (χ0n) is 21.5. The van der Waals surface area contributed by atoms with E-state index in [0.29, 0.717) is 24.7 Å². The summed E-state index contributed by atoms with van der Waals surface area (Å²) >= 11 is 0. The van der Waals surface area contributed by atoms with Gasteiger partial charge in [-0.1, -0.05) is 20.8 Å². The number of hydrogen-bond donors (Lipinski definition) is 6. The van der Waals surface area contributed by atoms with E-state index in [1.54, 1.807) is 0 Å². The molecule has 8 nitrogen and oxygen atoms in total. The molecule has 204 valence electrons. The molecule has 4 fully saturated rings. The number of hydrogen-bond acceptors (Lipinski definition) is 7. The Balaban J connectivity index is 1.43. The summed E-state index contributed by atoms with van der Waals surface area (Å²) < 4.78 is 30.6. The molecule has 0 saturated heterocycles. The van der Waals surface area contributed by atoms with Crippen LogP contribution >= 0.6 is 0 Å². The van der Waals surface area contributed by atoms with Gasteiger partial charge in [0.1, 0.15) is 6.23 Å². The van der Waals surface area contributed by atoms with Crippen molar-refractivity contribution in [1.29, 1.82) is 0 Å². The van der Waals surface area contributed by atoms with Gasteiger partial charge in [0.05, 0.1) is 24.1 Å². The summed E-state index contributed by atoms with van der Waals surface area (Å²) in [5.41, 5.74) is -0.213. The third-order valence-electron chi connectivity index (χ3n) is 11.2. The van der Waals surface area contributed by atoms with Gasteiger partial charge in [-0.25, -0.2) is 0 Å². The summed E-state index contributed by atoms with van der Waals surface area (Å²) in [5, 5.41) is 46.3. The number of aliphatic hydroxyl groups is 4. The van der Waals surface area contributed by atoms with Crippen LogP contribution in [0.25, 0.3) is 0 Å². The molecular formula is C26H47NO7S. The fraction of sp³-hybridized carbons (Fsp3) is 1.00. The van der Waals surface area contributed by atoms with E-state index < -0.39 is 28.2 Å². The minimum Gasteiger partial charge on any atom is -0.393 e. The molecule has 9 heteroatoms. The molecule has 0 spiro atoms. The highest BCUT2D eigenvalue weighted by Gasteiger charge is 2.65. The predicted molar refractivity (Wildman–Crippen MR) is 133 cm³/mol. The highest BCUT2D eigenvalue weighted by atomic mass is 32.2. The van der Waals surface area contributed by atoms with Crippen LogP contribution in [0.15, 0.2) is 0 Å². The van der Waals surface area contributed by atoms with Crippen molar-refractivity contribution in [2.45, 2.75) is 103 Å². The molecule has 0 aromatic rings. The standard InChI is InChI=1S/C26H47NO7S/c1-15(4-7-23(31)27-10-11-35(32,33)34)18-5-6-19-24-20(14-22(30)26(18,19)3)25(2)9-8-17(28)12-16(25)13-21(24)29/h15-24,27-31H,4-14H2,1-3H3,(H,32,33,34). The lowest BCUT2D eigenvalue weighted by atomic mass is 9.43. The molecule has 0 aliphatic heterocycles. The van der Waals surface area contributed by atoms with Gasteiger partial charge in [0.25, 0.3) is 10.1 Å². The lowest BCUT2D eigenvalue weighted by Gasteiger charge is -2.63. The van der Waals surface area contributed by atoms with Gasteiger partial charge in [-0.3, -0.25) is 9.87 Å². The Morgan fingerprint density at radius 1 is 1.00 bits per heavy atom. The Labute approximate surface area is 210 Å². The van der Waals surface area contributed by atoms with E-state index in [1.807, 2.05) is 0 Å². The first-order valence-corrected chi connectivity index (χ1v) is 15.3. The van der Waals surface area contributed by atoms with Crippen LogP contribution in [0, 0.1) is 46.3 Å². The Morgan fingerprint density at radius 2 is 1.71 bits per heavy atom. The zero-order valence-corrected chi connectivity index (χ0v) is 22.3. The number of fused-ring (bicyclic) bond motifs is 5. The second kappa shape index (κ2) is 10.1. The third-order valence-corrected chi connectivity index (χ3v) is 11.9. The maximum Gasteiger partial charge on any atom is 0.266 e. The van der Waals surface area contributed by atoms with Crippen LogP contribution in [0.2, 0.25) is 0 Å². The summed E-state index contributed by atoms with van der Waals surface area (Å²) in [5.74, 6) is 1.16. The molecule has 0 aromatic heterocycles. The van der Waals surface area contributed by atoms with Gasteiger partial charge < -0.3 is 20.4 Å². The van der Waals surface area contributed by atoms with Gasteiger partial charge in [-0.15, -0.1) is 0 Å². The quantitative estimate of drug-likeness (QED) is 0.212. The van der Waals surface area contributed by atoms with Gasteiger partial charge in [0.15, 0.2) is 0 Å². The van der Waals surface area contributed by atoms with E-state index in [-0.39, 0.29) is 53.3 Å². The summed E-state index contributed by atoms with van der Waals surface area (Å²) in [6.07, 6.45) is 5.27. The first-order chi connectivity index (χ1) is 16.3. The van der Waals surface area contributed by atoms with E-state index in [2.05, 4.69) is 26.1 Å². The van der Waals surface area contributed by atoms with Crippen LogP contribution in [0.1, 0.15) is 78.6 Å². The molecule has 0 radical (unpaired) electrons. The topological polar surface area (TPSA) is 147 Å². The molecule has 4 rings (SSSR count). The maximum absolute atomic E-state index is 11.6. The van der Waals surface area contributed by atoms with Crippen LogP contribution in [0.5, 0.6) is 0 Å². The molecule has 4 aliphatic rings. The van der Waals surface area contributed by atoms with Crippen LogP contribution < -0.4 is 5.32 Å². The van der Waals surface area contributed by atoms with Gasteiger partial charge in [-0.2, -0.15) is 8.42 Å². The van der Waals surface area contributed by atoms with E-state index in [9.17, 15) is 28.8 Å². The van der Waals surface area contributed by atoms with Crippen molar-refractivity contribution in [2.24, 2.45) is 46.3 Å². The Hall–Kier alpha value is -0.290. The van der Waals surface area contributed by atoms with E-state index in [0.717, 1.165) is 44.9 Å². The second-order valence-corrected chi connectivity index (χ2v) is 14.4. The minimum atomic E-state index is -4.06. The minimum absolute atomic E-state index is 0.00589. The fourth-order valence-electron chi connectivity index (χ4n) is 9.21. The maximum atomic E-state index is 11.6. The highest BCUT2D eigenvalue weighted by molar-refractivity contribution is 7.85. The van der Waals surface area contributed by atoms with Crippen molar-refractivity contribution >= 4 is 10.1 Å². The van der Waals surface area contributed by atoms with Gasteiger partial charge in [0.2, 0.25) is 0 Å². The first kappa shape index (κ1) is 27.7. The van der Waals surface area contributed by atoms with Crippen LogP contribution in [-0.2, 0) is 10.1 Å². The molecule has 0 amide bonds. The summed E-state index contributed by atoms with van der Waals surface area (Å²) in [6.45, 7) is 6.74. The molecule has 4 saturated carbocycles. The molecular weight excluding hydrogens is 470 g/mol. The number of rotatable bonds is 8. The van der Waals surface area contributed by atoms with Crippen molar-refractivity contribution in [1.82, 2.24) is 5.32 Å². The largest absolute Gasteiger partial charge is 0.393 e. The smallest absolute Gasteiger partial charge is 0.266 e. The third kappa shape index (κ3) is 5.20. The summed E-state index contributed by atoms with van der Waals surface area (Å²) in [4.78, 5) is 0.